The molecule has 0 saturated heterocycles. The van der Waals surface area contributed by atoms with Crippen LogP contribution in [0, 0.1) is 0 Å². The molecule has 0 spiro atoms. The van der Waals surface area contributed by atoms with Gasteiger partial charge in [-0.3, -0.25) is 4.79 Å². The molecular formula is C31H30Cl2KNO7. The first-order chi connectivity index (χ1) is 19.1. The summed E-state index contributed by atoms with van der Waals surface area (Å²) in [4.78, 5) is 10.9. The van der Waals surface area contributed by atoms with Gasteiger partial charge in [-0.2, -0.15) is 4.57 Å². The summed E-state index contributed by atoms with van der Waals surface area (Å²) in [5.74, 6) is 2.87. The fraction of sp³-hybridized carbons (Fsp3) is 0.290. The van der Waals surface area contributed by atoms with Crippen molar-refractivity contribution in [2.24, 2.45) is 0 Å². The maximum absolute atomic E-state index is 10.9. The van der Waals surface area contributed by atoms with Crippen molar-refractivity contribution in [2.45, 2.75) is 32.2 Å². The van der Waals surface area contributed by atoms with Gasteiger partial charge in [0, 0.05) is 12.5 Å². The maximum Gasteiger partial charge on any atom is 1.00 e. The van der Waals surface area contributed by atoms with Crippen LogP contribution in [0.25, 0.3) is 22.0 Å². The van der Waals surface area contributed by atoms with Gasteiger partial charge >= 0.3 is 57.4 Å². The number of aryl methyl sites for hydroxylation is 2. The minimum Gasteiger partial charge on any atom is -1.00 e. The third-order valence-corrected chi connectivity index (χ3v) is 7.10. The molecule has 0 bridgehead atoms. The Morgan fingerprint density at radius 2 is 1.74 bits per heavy atom. The molecular weight excluding hydrogens is 608 g/mol. The molecule has 0 amide bonds. The SMILES string of the molecule is COc1ccc2cc3[n+](cc2c1OCCCCOc1cccc(CC(=O)O)c1)CCc1cc2c(cc1-3)OCO2.[Cl-].[Cl-].[K+]. The van der Waals surface area contributed by atoms with Crippen molar-refractivity contribution in [3.05, 3.63) is 71.9 Å². The van der Waals surface area contributed by atoms with Gasteiger partial charge in [0.25, 0.3) is 0 Å². The van der Waals surface area contributed by atoms with Crippen LogP contribution in [0.2, 0.25) is 0 Å². The van der Waals surface area contributed by atoms with E-state index in [1.165, 1.54) is 11.1 Å². The van der Waals surface area contributed by atoms with Crippen LogP contribution in [0.3, 0.4) is 0 Å². The molecule has 0 radical (unpaired) electrons. The van der Waals surface area contributed by atoms with Gasteiger partial charge in [-0.25, -0.2) is 0 Å². The van der Waals surface area contributed by atoms with Gasteiger partial charge in [0.15, 0.2) is 35.7 Å². The third kappa shape index (κ3) is 7.45. The van der Waals surface area contributed by atoms with E-state index < -0.39 is 5.97 Å². The van der Waals surface area contributed by atoms with Gasteiger partial charge < -0.3 is 53.6 Å². The van der Waals surface area contributed by atoms with Crippen LogP contribution in [0.15, 0.2) is 60.8 Å². The number of aliphatic carboxylic acids is 1. The number of benzene rings is 3. The fourth-order valence-electron chi connectivity index (χ4n) is 5.19. The van der Waals surface area contributed by atoms with Crippen LogP contribution in [0.1, 0.15) is 24.0 Å². The largest absolute Gasteiger partial charge is 1.00 e. The van der Waals surface area contributed by atoms with E-state index in [1.807, 2.05) is 18.2 Å². The molecule has 0 saturated carbocycles. The van der Waals surface area contributed by atoms with Gasteiger partial charge in [-0.05, 0) is 65.8 Å². The molecule has 2 aliphatic heterocycles. The summed E-state index contributed by atoms with van der Waals surface area (Å²) >= 11 is 0. The van der Waals surface area contributed by atoms with Crippen LogP contribution in [0.5, 0.6) is 28.7 Å². The first-order valence-electron chi connectivity index (χ1n) is 13.1. The van der Waals surface area contributed by atoms with Gasteiger partial charge in [0.1, 0.15) is 5.75 Å². The quantitative estimate of drug-likeness (QED) is 0.108. The summed E-state index contributed by atoms with van der Waals surface area (Å²) in [5, 5.41) is 11.1. The molecule has 1 N–H and O–H groups in total. The zero-order valence-electron chi connectivity index (χ0n) is 23.5. The fourth-order valence-corrected chi connectivity index (χ4v) is 5.19. The van der Waals surface area contributed by atoms with Crippen LogP contribution in [-0.4, -0.2) is 38.2 Å². The summed E-state index contributed by atoms with van der Waals surface area (Å²) in [5.41, 5.74) is 4.29. The Morgan fingerprint density at radius 1 is 0.976 bits per heavy atom. The monoisotopic (exact) mass is 637 g/mol. The van der Waals surface area contributed by atoms with Gasteiger partial charge in [0.05, 0.1) is 37.7 Å². The summed E-state index contributed by atoms with van der Waals surface area (Å²) in [6.07, 6.45) is 4.65. The van der Waals surface area contributed by atoms with E-state index >= 15 is 0 Å². The average molecular weight is 639 g/mol. The van der Waals surface area contributed by atoms with Gasteiger partial charge in [-0.1, -0.05) is 12.1 Å². The summed E-state index contributed by atoms with van der Waals surface area (Å²) in [6.45, 7) is 2.17. The van der Waals surface area contributed by atoms with Crippen molar-refractivity contribution >= 4 is 16.7 Å². The predicted octanol–water partition coefficient (Wildman–Crippen LogP) is -4.04. The molecule has 0 aliphatic carbocycles. The Balaban J connectivity index is 0.00000161. The predicted molar refractivity (Wildman–Crippen MR) is 144 cm³/mol. The second-order valence-corrected chi connectivity index (χ2v) is 9.69. The number of hydrogen-bond acceptors (Lipinski definition) is 6. The second kappa shape index (κ2) is 15.5. The number of carbonyl (C=O) groups is 1. The second-order valence-electron chi connectivity index (χ2n) is 9.69. The van der Waals surface area contributed by atoms with Crippen molar-refractivity contribution in [2.75, 3.05) is 27.1 Å². The van der Waals surface area contributed by atoms with Crippen molar-refractivity contribution in [3.8, 4) is 40.0 Å². The molecule has 0 unspecified atom stereocenters. The number of nitrogens with zero attached hydrogens (tertiary/aromatic N) is 1. The standard InChI is InChI=1S/C31H29NO7.2ClH.K/c1-35-27-8-7-21-15-26-24-17-29-28(38-19-39-29)16-22(24)9-10-32(26)18-25(21)31(27)37-12-3-2-11-36-23-6-4-5-20(13-23)14-30(33)34;;;/h4-8,13,15-18H,2-3,9-12,14,19H2,1H3;2*1H;/q;;;+1/p-1. The van der Waals surface area contributed by atoms with E-state index in [-0.39, 0.29) is 89.4 Å². The van der Waals surface area contributed by atoms with Crippen LogP contribution in [0.4, 0.5) is 0 Å². The molecule has 0 fully saturated rings. The van der Waals surface area contributed by atoms with Gasteiger partial charge in [0.2, 0.25) is 12.5 Å². The Labute approximate surface area is 299 Å². The molecule has 3 aromatic carbocycles. The normalized spacial score (nSPS) is 12.1. The van der Waals surface area contributed by atoms with Crippen LogP contribution < -0.4 is 104 Å². The number of hydrogen-bond donors (Lipinski definition) is 1. The Hall–Kier alpha value is -2.24. The number of unbranched alkanes of at least 4 members (excludes halogenated alkanes) is 1. The Bertz CT molecular complexity index is 1570. The van der Waals surface area contributed by atoms with Crippen molar-refractivity contribution in [3.63, 3.8) is 0 Å². The number of methoxy groups -OCH3 is 1. The van der Waals surface area contributed by atoms with Crippen molar-refractivity contribution in [1.29, 1.82) is 0 Å². The number of carboxylic acid groups (broad SMARTS) is 1. The summed E-state index contributed by atoms with van der Waals surface area (Å²) in [6, 6.07) is 17.6. The zero-order chi connectivity index (χ0) is 26.8. The minimum absolute atomic E-state index is 0. The molecule has 2 aliphatic rings. The van der Waals surface area contributed by atoms with E-state index in [2.05, 4.69) is 35.0 Å². The maximum atomic E-state index is 10.9. The summed E-state index contributed by atoms with van der Waals surface area (Å²) < 4.78 is 31.2. The first kappa shape index (κ1) is 34.2. The number of aromatic nitrogens is 1. The molecule has 1 aromatic heterocycles. The third-order valence-electron chi connectivity index (χ3n) is 7.10. The molecule has 8 nitrogen and oxygen atoms in total. The van der Waals surface area contributed by atoms with E-state index in [0.29, 0.717) is 24.7 Å². The molecule has 3 heterocycles. The molecule has 0 atom stereocenters. The number of carboxylic acids is 1. The van der Waals surface area contributed by atoms with Gasteiger partial charge in [-0.15, -0.1) is 0 Å². The Morgan fingerprint density at radius 3 is 2.50 bits per heavy atom. The molecule has 216 valence electrons. The number of rotatable bonds is 10. The zero-order valence-corrected chi connectivity index (χ0v) is 28.2. The van der Waals surface area contributed by atoms with Crippen molar-refractivity contribution in [1.82, 2.24) is 0 Å². The van der Waals surface area contributed by atoms with E-state index in [4.69, 9.17) is 28.8 Å². The van der Waals surface area contributed by atoms with Crippen molar-refractivity contribution < 1.29 is 114 Å². The molecule has 11 heteroatoms. The number of ether oxygens (including phenoxy) is 5. The number of fused-ring (bicyclic) bond motifs is 5. The molecule has 6 rings (SSSR count). The smallest absolute Gasteiger partial charge is 1.00 e. The average Bonchev–Trinajstić information content (AvgIpc) is 3.40. The van der Waals surface area contributed by atoms with Crippen LogP contribution in [-0.2, 0) is 24.2 Å². The number of pyridine rings is 1. The van der Waals surface area contributed by atoms with E-state index in [1.54, 1.807) is 19.2 Å². The minimum atomic E-state index is -0.857. The molecule has 4 aromatic rings. The number of halogens is 2. The van der Waals surface area contributed by atoms with Crippen LogP contribution >= 0.6 is 0 Å². The summed E-state index contributed by atoms with van der Waals surface area (Å²) in [7, 11) is 1.66. The molecule has 42 heavy (non-hydrogen) atoms. The Kier molecular flexibility index (Phi) is 12.6. The first-order valence-corrected chi connectivity index (χ1v) is 13.1. The topological polar surface area (TPSA) is 87.3 Å². The van der Waals surface area contributed by atoms with E-state index in [0.717, 1.165) is 65.1 Å². The van der Waals surface area contributed by atoms with E-state index in [9.17, 15) is 4.79 Å².